The van der Waals surface area contributed by atoms with E-state index in [2.05, 4.69) is 41.9 Å². The number of Topliss-reactive ketones (excluding diaryl/α,β-unsaturated/α-hetero) is 1. The van der Waals surface area contributed by atoms with Crippen molar-refractivity contribution in [3.8, 4) is 0 Å². The molecule has 4 rings (SSSR count). The second kappa shape index (κ2) is 9.22. The lowest BCUT2D eigenvalue weighted by atomic mass is 9.89. The smallest absolute Gasteiger partial charge is 0.405 e. The Morgan fingerprint density at radius 1 is 1.12 bits per heavy atom. The van der Waals surface area contributed by atoms with Gasteiger partial charge in [-0.15, -0.1) is 10.2 Å². The molecule has 0 radical (unpaired) electrons. The van der Waals surface area contributed by atoms with Crippen molar-refractivity contribution >= 4 is 29.4 Å². The molecule has 1 fully saturated rings. The number of aromatic amines is 1. The maximum absolute atomic E-state index is 13.2. The van der Waals surface area contributed by atoms with Crippen molar-refractivity contribution in [2.75, 3.05) is 11.9 Å². The first-order valence-corrected chi connectivity index (χ1v) is 10.6. The van der Waals surface area contributed by atoms with Gasteiger partial charge in [-0.3, -0.25) is 14.4 Å². The molecule has 0 bridgehead atoms. The molecular weight excluding hydrogens is 432 g/mol. The first kappa shape index (κ1) is 22.2. The van der Waals surface area contributed by atoms with E-state index in [1.165, 1.54) is 0 Å². The molecule has 0 spiro atoms. The number of ketones is 1. The zero-order valence-corrected chi connectivity index (χ0v) is 17.6. The maximum Gasteiger partial charge on any atom is 0.405 e. The van der Waals surface area contributed by atoms with Crippen LogP contribution in [0.5, 0.6) is 0 Å². The van der Waals surface area contributed by atoms with Crippen molar-refractivity contribution in [3.05, 3.63) is 35.7 Å². The Balaban J connectivity index is 1.45. The molecule has 1 aromatic heterocycles. The van der Waals surface area contributed by atoms with Crippen LogP contribution in [0.2, 0.25) is 0 Å². The summed E-state index contributed by atoms with van der Waals surface area (Å²) in [4.78, 5) is 50.1. The fourth-order valence-electron chi connectivity index (χ4n) is 4.48. The maximum atomic E-state index is 13.2. The standard InChI is InChI=1S/C20H24N8O5/c29-13(9-22-18(31)20(24-19(32)33)7-3-4-8-20)15-11-5-1-2-6-12(11)23-16(15)17(30)21-10-14-25-27-28-26-14/h1-2,5-6,15-16,23-24H,3-4,7-10H2,(H,21,30)(H,22,31)(H,32,33)(H,25,26,27,28). The van der Waals surface area contributed by atoms with Gasteiger partial charge in [-0.1, -0.05) is 36.3 Å². The van der Waals surface area contributed by atoms with E-state index in [0.717, 1.165) is 0 Å². The number of fused-ring (bicyclic) bond motifs is 1. The molecule has 1 aliphatic heterocycles. The van der Waals surface area contributed by atoms with Gasteiger partial charge in [0.1, 0.15) is 11.6 Å². The summed E-state index contributed by atoms with van der Waals surface area (Å²) < 4.78 is 0. The van der Waals surface area contributed by atoms with Gasteiger partial charge < -0.3 is 26.4 Å². The van der Waals surface area contributed by atoms with Gasteiger partial charge in [0, 0.05) is 5.69 Å². The van der Waals surface area contributed by atoms with Gasteiger partial charge in [0.15, 0.2) is 11.6 Å². The van der Waals surface area contributed by atoms with Crippen molar-refractivity contribution in [1.29, 1.82) is 0 Å². The number of hydrogen-bond acceptors (Lipinski definition) is 8. The van der Waals surface area contributed by atoms with Crippen molar-refractivity contribution in [3.63, 3.8) is 0 Å². The van der Waals surface area contributed by atoms with E-state index >= 15 is 0 Å². The van der Waals surface area contributed by atoms with Crippen molar-refractivity contribution in [1.82, 2.24) is 36.6 Å². The van der Waals surface area contributed by atoms with E-state index in [-0.39, 0.29) is 18.9 Å². The van der Waals surface area contributed by atoms with Crippen LogP contribution in [-0.2, 0) is 20.9 Å². The third-order valence-corrected chi connectivity index (χ3v) is 6.04. The summed E-state index contributed by atoms with van der Waals surface area (Å²) in [7, 11) is 0. The summed E-state index contributed by atoms with van der Waals surface area (Å²) in [6.45, 7) is -0.304. The third-order valence-electron chi connectivity index (χ3n) is 6.04. The summed E-state index contributed by atoms with van der Waals surface area (Å²) in [5, 5.41) is 33.1. The van der Waals surface area contributed by atoms with E-state index in [0.29, 0.717) is 42.8 Å². The molecule has 13 heteroatoms. The van der Waals surface area contributed by atoms with Crippen LogP contribution in [0.4, 0.5) is 10.5 Å². The summed E-state index contributed by atoms with van der Waals surface area (Å²) >= 11 is 0. The minimum atomic E-state index is -1.29. The van der Waals surface area contributed by atoms with Gasteiger partial charge in [-0.05, 0) is 24.5 Å². The number of benzene rings is 1. The minimum Gasteiger partial charge on any atom is -0.465 e. The molecule has 3 amide bonds. The first-order chi connectivity index (χ1) is 15.9. The largest absolute Gasteiger partial charge is 0.465 e. The lowest BCUT2D eigenvalue weighted by Crippen LogP contribution is -2.57. The molecule has 2 aliphatic rings. The van der Waals surface area contributed by atoms with E-state index < -0.39 is 35.4 Å². The number of carbonyl (C=O) groups excluding carboxylic acids is 3. The van der Waals surface area contributed by atoms with Crippen LogP contribution >= 0.6 is 0 Å². The number of carbonyl (C=O) groups is 4. The van der Waals surface area contributed by atoms with Gasteiger partial charge in [-0.25, -0.2) is 4.79 Å². The van der Waals surface area contributed by atoms with E-state index in [4.69, 9.17) is 5.11 Å². The van der Waals surface area contributed by atoms with Crippen molar-refractivity contribution < 1.29 is 24.3 Å². The van der Waals surface area contributed by atoms with Crippen LogP contribution in [0.3, 0.4) is 0 Å². The highest BCUT2D eigenvalue weighted by molar-refractivity contribution is 6.02. The molecule has 1 aromatic carbocycles. The molecule has 13 nitrogen and oxygen atoms in total. The Hall–Kier alpha value is -4.03. The Morgan fingerprint density at radius 2 is 1.88 bits per heavy atom. The lowest BCUT2D eigenvalue weighted by molar-refractivity contribution is -0.130. The SMILES string of the molecule is O=C(O)NC1(C(=O)NCC(=O)C2c3ccccc3NC2C(=O)NCc2nn[nH]n2)CCCC1. The molecule has 2 heterocycles. The number of carboxylic acid groups (broad SMARTS) is 1. The zero-order valence-electron chi connectivity index (χ0n) is 17.6. The molecule has 1 aliphatic carbocycles. The number of tetrazole rings is 1. The number of aromatic nitrogens is 4. The van der Waals surface area contributed by atoms with Crippen molar-refractivity contribution in [2.24, 2.45) is 0 Å². The normalized spacial score (nSPS) is 20.4. The molecule has 2 unspecified atom stereocenters. The molecule has 6 N–H and O–H groups in total. The van der Waals surface area contributed by atoms with Crippen LogP contribution in [0, 0.1) is 0 Å². The monoisotopic (exact) mass is 456 g/mol. The number of nitrogens with zero attached hydrogens (tertiary/aromatic N) is 3. The topological polar surface area (TPSA) is 191 Å². The van der Waals surface area contributed by atoms with E-state index in [9.17, 15) is 19.2 Å². The second-order valence-electron chi connectivity index (χ2n) is 8.10. The summed E-state index contributed by atoms with van der Waals surface area (Å²) in [6, 6.07) is 6.19. The Morgan fingerprint density at radius 3 is 2.58 bits per heavy atom. The predicted octanol–water partition coefficient (Wildman–Crippen LogP) is -0.340. The number of amides is 3. The van der Waals surface area contributed by atoms with Gasteiger partial charge >= 0.3 is 6.09 Å². The van der Waals surface area contributed by atoms with Crippen LogP contribution < -0.4 is 21.3 Å². The summed E-state index contributed by atoms with van der Waals surface area (Å²) in [5.74, 6) is -1.88. The average molecular weight is 456 g/mol. The number of anilines is 1. The third kappa shape index (κ3) is 4.61. The number of rotatable bonds is 8. The van der Waals surface area contributed by atoms with E-state index in [1.807, 2.05) is 0 Å². The zero-order chi connectivity index (χ0) is 23.4. The van der Waals surface area contributed by atoms with Gasteiger partial charge in [0.25, 0.3) is 0 Å². The fourth-order valence-corrected chi connectivity index (χ4v) is 4.48. The van der Waals surface area contributed by atoms with Gasteiger partial charge in [-0.2, -0.15) is 5.21 Å². The average Bonchev–Trinajstić information content (AvgIpc) is 3.55. The molecule has 2 atom stereocenters. The highest BCUT2D eigenvalue weighted by Crippen LogP contribution is 2.36. The van der Waals surface area contributed by atoms with Gasteiger partial charge in [0.2, 0.25) is 11.8 Å². The predicted molar refractivity (Wildman–Crippen MR) is 113 cm³/mol. The molecular formula is C20H24N8O5. The lowest BCUT2D eigenvalue weighted by Gasteiger charge is -2.27. The quantitative estimate of drug-likeness (QED) is 0.308. The summed E-state index contributed by atoms with van der Waals surface area (Å²) in [5.41, 5.74) is 0.0664. The van der Waals surface area contributed by atoms with Crippen LogP contribution in [0.15, 0.2) is 24.3 Å². The highest BCUT2D eigenvalue weighted by Gasteiger charge is 2.44. The number of nitrogens with one attached hydrogen (secondary N) is 5. The Bertz CT molecular complexity index is 1050. The second-order valence-corrected chi connectivity index (χ2v) is 8.10. The Labute approximate surface area is 188 Å². The van der Waals surface area contributed by atoms with Crippen molar-refractivity contribution in [2.45, 2.75) is 49.7 Å². The van der Waals surface area contributed by atoms with Crippen LogP contribution in [0.1, 0.15) is 43.0 Å². The number of H-pyrrole nitrogens is 1. The summed E-state index contributed by atoms with van der Waals surface area (Å²) in [6.07, 6.45) is 0.877. The van der Waals surface area contributed by atoms with E-state index in [1.54, 1.807) is 24.3 Å². The van der Waals surface area contributed by atoms with Crippen LogP contribution in [0.25, 0.3) is 0 Å². The van der Waals surface area contributed by atoms with Gasteiger partial charge in [0.05, 0.1) is 19.0 Å². The Kier molecular flexibility index (Phi) is 6.20. The molecule has 0 saturated heterocycles. The first-order valence-electron chi connectivity index (χ1n) is 10.6. The molecule has 2 aromatic rings. The number of hydrogen-bond donors (Lipinski definition) is 6. The highest BCUT2D eigenvalue weighted by atomic mass is 16.4. The fraction of sp³-hybridized carbons (Fsp3) is 0.450. The van der Waals surface area contributed by atoms with Crippen LogP contribution in [-0.4, -0.2) is 67.5 Å². The molecule has 33 heavy (non-hydrogen) atoms. The molecule has 174 valence electrons. The number of para-hydroxylation sites is 1. The minimum absolute atomic E-state index is 0.0326. The molecule has 1 saturated carbocycles.